The molecule has 4 heteroatoms. The summed E-state index contributed by atoms with van der Waals surface area (Å²) in [6.07, 6.45) is 1.85. The summed E-state index contributed by atoms with van der Waals surface area (Å²) in [5.74, 6) is 0. The highest BCUT2D eigenvalue weighted by molar-refractivity contribution is 7.79. The van der Waals surface area contributed by atoms with Crippen LogP contribution in [0.3, 0.4) is 0 Å². The van der Waals surface area contributed by atoms with E-state index in [1.165, 1.54) is 0 Å². The fourth-order valence-electron chi connectivity index (χ4n) is 0.338. The topological polar surface area (TPSA) is 21.6 Å². The second-order valence-electron chi connectivity index (χ2n) is 1.30. The van der Waals surface area contributed by atoms with Gasteiger partial charge in [0.15, 0.2) is 0 Å². The van der Waals surface area contributed by atoms with Crippen LogP contribution in [-0.2, 0) is 4.52 Å². The van der Waals surface area contributed by atoms with Gasteiger partial charge in [0.2, 0.25) is 0 Å². The zero-order valence-corrected chi connectivity index (χ0v) is 5.49. The lowest BCUT2D eigenvalue weighted by molar-refractivity contribution is 0.343. The second kappa shape index (κ2) is 2.08. The Hall–Kier alpha value is 0.350. The SMILES string of the molecule is CC1C=NP(Cl)O1. The van der Waals surface area contributed by atoms with Crippen molar-refractivity contribution in [2.45, 2.75) is 13.0 Å². The van der Waals surface area contributed by atoms with Gasteiger partial charge in [-0.15, -0.1) is 0 Å². The molecule has 0 amide bonds. The van der Waals surface area contributed by atoms with Crippen molar-refractivity contribution in [1.29, 1.82) is 0 Å². The summed E-state index contributed by atoms with van der Waals surface area (Å²) in [4.78, 5) is 0. The molecule has 2 atom stereocenters. The van der Waals surface area contributed by atoms with Crippen LogP contribution in [-0.4, -0.2) is 12.3 Å². The van der Waals surface area contributed by atoms with E-state index in [4.69, 9.17) is 15.8 Å². The van der Waals surface area contributed by atoms with E-state index in [-0.39, 0.29) is 6.10 Å². The van der Waals surface area contributed by atoms with E-state index in [1.807, 2.05) is 6.92 Å². The molecule has 1 aliphatic heterocycles. The van der Waals surface area contributed by atoms with E-state index in [1.54, 1.807) is 6.21 Å². The van der Waals surface area contributed by atoms with Crippen molar-refractivity contribution < 1.29 is 4.52 Å². The molecule has 0 N–H and O–H groups in total. The molecule has 0 saturated heterocycles. The van der Waals surface area contributed by atoms with E-state index in [0.717, 1.165) is 0 Å². The standard InChI is InChI=1S/C3H5ClNOP/c1-3-2-5-7(4)6-3/h2-3H,1H3. The van der Waals surface area contributed by atoms with Crippen LogP contribution >= 0.6 is 18.9 Å². The molecular formula is C3H5ClNOP. The van der Waals surface area contributed by atoms with Gasteiger partial charge in [0.05, 0.1) is 6.10 Å². The molecule has 0 fully saturated rings. The largest absolute Gasteiger partial charge is 0.317 e. The van der Waals surface area contributed by atoms with Crippen LogP contribution in [0.25, 0.3) is 0 Å². The van der Waals surface area contributed by atoms with Crippen molar-refractivity contribution in [3.63, 3.8) is 0 Å². The van der Waals surface area contributed by atoms with Gasteiger partial charge in [-0.3, -0.25) is 0 Å². The molecule has 1 heterocycles. The summed E-state index contributed by atoms with van der Waals surface area (Å²) < 4.78 is 8.77. The number of halogens is 1. The lowest BCUT2D eigenvalue weighted by atomic mass is 10.5. The maximum atomic E-state index is 5.45. The van der Waals surface area contributed by atoms with Crippen LogP contribution < -0.4 is 0 Å². The van der Waals surface area contributed by atoms with E-state index in [2.05, 4.69) is 4.76 Å². The van der Waals surface area contributed by atoms with Gasteiger partial charge >= 0.3 is 0 Å². The Morgan fingerprint density at radius 3 is 2.86 bits per heavy atom. The summed E-state index contributed by atoms with van der Waals surface area (Å²) in [5, 5.41) is 0. The molecule has 1 rings (SSSR count). The third kappa shape index (κ3) is 1.37. The summed E-state index contributed by atoms with van der Waals surface area (Å²) in [5.41, 5.74) is 0. The van der Waals surface area contributed by atoms with E-state index in [9.17, 15) is 0 Å². The van der Waals surface area contributed by atoms with Crippen LogP contribution in [0.15, 0.2) is 4.76 Å². The van der Waals surface area contributed by atoms with Crippen molar-refractivity contribution in [3.05, 3.63) is 0 Å². The zero-order valence-electron chi connectivity index (χ0n) is 3.84. The molecule has 0 radical (unpaired) electrons. The van der Waals surface area contributed by atoms with Crippen LogP contribution in [0.1, 0.15) is 6.92 Å². The summed E-state index contributed by atoms with van der Waals surface area (Å²) >= 11 is 5.45. The Balaban J connectivity index is 2.42. The summed E-state index contributed by atoms with van der Waals surface area (Å²) in [6, 6.07) is 0. The molecule has 2 unspecified atom stereocenters. The first-order chi connectivity index (χ1) is 3.29. The first kappa shape index (κ1) is 5.49. The van der Waals surface area contributed by atoms with Gasteiger partial charge in [-0.1, -0.05) is 0 Å². The molecule has 1 aliphatic rings. The molecule has 0 aromatic heterocycles. The van der Waals surface area contributed by atoms with Gasteiger partial charge in [-0.25, -0.2) is 4.76 Å². The van der Waals surface area contributed by atoms with Gasteiger partial charge < -0.3 is 4.52 Å². The Morgan fingerprint density at radius 2 is 2.71 bits per heavy atom. The Kier molecular flexibility index (Phi) is 1.63. The highest BCUT2D eigenvalue weighted by Gasteiger charge is 2.13. The number of hydrogen-bond acceptors (Lipinski definition) is 2. The highest BCUT2D eigenvalue weighted by Crippen LogP contribution is 2.47. The minimum absolute atomic E-state index is 0.128. The minimum atomic E-state index is -0.963. The van der Waals surface area contributed by atoms with Gasteiger partial charge in [-0.2, -0.15) is 0 Å². The van der Waals surface area contributed by atoms with Crippen molar-refractivity contribution >= 4 is 25.1 Å². The lowest BCUT2D eigenvalue weighted by Gasteiger charge is -1.96. The fraction of sp³-hybridized carbons (Fsp3) is 0.667. The average molecular weight is 138 g/mol. The predicted molar refractivity (Wildman–Crippen MR) is 31.8 cm³/mol. The normalized spacial score (nSPS) is 39.7. The molecular weight excluding hydrogens is 132 g/mol. The van der Waals surface area contributed by atoms with Crippen LogP contribution in [0.2, 0.25) is 0 Å². The molecule has 0 aromatic rings. The Bertz CT molecular complexity index is 86.9. The molecule has 0 saturated carbocycles. The van der Waals surface area contributed by atoms with Gasteiger partial charge in [0.25, 0.3) is 7.65 Å². The number of rotatable bonds is 0. The maximum Gasteiger partial charge on any atom is 0.256 e. The fourth-order valence-corrected chi connectivity index (χ4v) is 1.54. The number of nitrogens with zero attached hydrogens (tertiary/aromatic N) is 1. The zero-order chi connectivity index (χ0) is 5.28. The monoisotopic (exact) mass is 137 g/mol. The molecule has 2 nitrogen and oxygen atoms in total. The average Bonchev–Trinajstić information content (AvgIpc) is 1.87. The molecule has 40 valence electrons. The van der Waals surface area contributed by atoms with Gasteiger partial charge in [-0.05, 0) is 18.2 Å². The van der Waals surface area contributed by atoms with Crippen molar-refractivity contribution in [2.75, 3.05) is 0 Å². The second-order valence-corrected chi connectivity index (χ2v) is 3.06. The predicted octanol–water partition coefficient (Wildman–Crippen LogP) is 1.94. The van der Waals surface area contributed by atoms with Gasteiger partial charge in [0.1, 0.15) is 0 Å². The third-order valence-electron chi connectivity index (χ3n) is 0.621. The smallest absolute Gasteiger partial charge is 0.256 e. The minimum Gasteiger partial charge on any atom is -0.317 e. The van der Waals surface area contributed by atoms with Gasteiger partial charge in [0, 0.05) is 6.21 Å². The summed E-state index contributed by atoms with van der Waals surface area (Å²) in [6.45, 7) is 1.91. The first-order valence-corrected chi connectivity index (χ1v) is 4.07. The third-order valence-corrected chi connectivity index (χ3v) is 1.94. The van der Waals surface area contributed by atoms with Crippen LogP contribution in [0.4, 0.5) is 0 Å². The molecule has 0 bridgehead atoms. The molecule has 7 heavy (non-hydrogen) atoms. The quantitative estimate of drug-likeness (QED) is 0.468. The molecule has 0 aliphatic carbocycles. The first-order valence-electron chi connectivity index (χ1n) is 1.96. The van der Waals surface area contributed by atoms with E-state index < -0.39 is 7.65 Å². The van der Waals surface area contributed by atoms with E-state index >= 15 is 0 Å². The molecule has 0 aromatic carbocycles. The van der Waals surface area contributed by atoms with Crippen LogP contribution in [0, 0.1) is 0 Å². The van der Waals surface area contributed by atoms with E-state index in [0.29, 0.717) is 0 Å². The number of hydrogen-bond donors (Lipinski definition) is 0. The highest BCUT2D eigenvalue weighted by atomic mass is 35.7. The van der Waals surface area contributed by atoms with Crippen molar-refractivity contribution in [2.24, 2.45) is 4.76 Å². The van der Waals surface area contributed by atoms with Crippen molar-refractivity contribution in [1.82, 2.24) is 0 Å². The maximum absolute atomic E-state index is 5.45. The van der Waals surface area contributed by atoms with Crippen molar-refractivity contribution in [3.8, 4) is 0 Å². The lowest BCUT2D eigenvalue weighted by Crippen LogP contribution is -1.96. The Morgan fingerprint density at radius 1 is 2.00 bits per heavy atom. The Labute approximate surface area is 48.2 Å². The van der Waals surface area contributed by atoms with Crippen LogP contribution in [0.5, 0.6) is 0 Å². The summed E-state index contributed by atoms with van der Waals surface area (Å²) in [7, 11) is -0.963. The molecule has 0 spiro atoms.